The second-order valence-electron chi connectivity index (χ2n) is 5.65. The van der Waals surface area contributed by atoms with Gasteiger partial charge in [-0.05, 0) is 70.9 Å². The van der Waals surface area contributed by atoms with Crippen molar-refractivity contribution in [3.63, 3.8) is 0 Å². The maximum atomic E-state index is 9.75. The van der Waals surface area contributed by atoms with Gasteiger partial charge in [-0.1, -0.05) is 43.8 Å². The molecule has 0 bridgehead atoms. The summed E-state index contributed by atoms with van der Waals surface area (Å²) in [7, 11) is 0. The Morgan fingerprint density at radius 1 is 1.14 bits per heavy atom. The summed E-state index contributed by atoms with van der Waals surface area (Å²) in [5, 5.41) is 9.75. The van der Waals surface area contributed by atoms with Gasteiger partial charge in [0.15, 0.2) is 0 Å². The lowest BCUT2D eigenvalue weighted by Crippen LogP contribution is -2.03. The molecule has 0 aromatic heterocycles. The molecule has 1 aliphatic carbocycles. The van der Waals surface area contributed by atoms with Crippen molar-refractivity contribution in [1.29, 1.82) is 0 Å². The Morgan fingerprint density at radius 3 is 2.52 bits per heavy atom. The Kier molecular flexibility index (Phi) is 3.42. The Balaban J connectivity index is 2.03. The molecule has 0 aliphatic heterocycles. The Morgan fingerprint density at radius 2 is 1.86 bits per heavy atom. The van der Waals surface area contributed by atoms with Crippen molar-refractivity contribution in [1.82, 2.24) is 0 Å². The van der Waals surface area contributed by atoms with Gasteiger partial charge >= 0.3 is 0 Å². The van der Waals surface area contributed by atoms with Gasteiger partial charge in [-0.25, -0.2) is 0 Å². The molecule has 3 rings (SSSR count). The van der Waals surface area contributed by atoms with Crippen LogP contribution in [0.15, 0.2) is 49.1 Å². The third kappa shape index (κ3) is 2.40. The van der Waals surface area contributed by atoms with Crippen LogP contribution in [0.2, 0.25) is 0 Å². The molecule has 0 radical (unpaired) electrons. The largest absolute Gasteiger partial charge is 0.508 e. The van der Waals surface area contributed by atoms with E-state index in [4.69, 9.17) is 0 Å². The van der Waals surface area contributed by atoms with Gasteiger partial charge in [0.25, 0.3) is 0 Å². The number of aryl methyl sites for hydroxylation is 2. The molecule has 1 nitrogen and oxygen atoms in total. The van der Waals surface area contributed by atoms with Crippen molar-refractivity contribution in [3.05, 3.63) is 76.9 Å². The molecule has 0 amide bonds. The molecule has 1 aliphatic rings. The Bertz CT molecular complexity index is 733. The zero-order chi connectivity index (χ0) is 15.0. The number of benzene rings is 2. The molecule has 2 aromatic rings. The molecule has 0 saturated heterocycles. The number of allylic oxidation sites excluding steroid dienone is 3. The summed E-state index contributed by atoms with van der Waals surface area (Å²) in [6.07, 6.45) is 4.11. The highest BCUT2D eigenvalue weighted by Gasteiger charge is 2.19. The number of hydrogen-bond donors (Lipinski definition) is 1. The first-order chi connectivity index (χ1) is 10.1. The molecule has 0 spiro atoms. The van der Waals surface area contributed by atoms with E-state index >= 15 is 0 Å². The van der Waals surface area contributed by atoms with Crippen LogP contribution in [0.4, 0.5) is 0 Å². The van der Waals surface area contributed by atoms with E-state index in [1.54, 1.807) is 0 Å². The summed E-state index contributed by atoms with van der Waals surface area (Å²) in [4.78, 5) is 0. The van der Waals surface area contributed by atoms with E-state index in [9.17, 15) is 5.11 Å². The fraction of sp³-hybridized carbons (Fsp3) is 0.200. The van der Waals surface area contributed by atoms with Gasteiger partial charge in [-0.2, -0.15) is 0 Å². The van der Waals surface area contributed by atoms with Gasteiger partial charge in [-0.15, -0.1) is 0 Å². The van der Waals surface area contributed by atoms with Crippen LogP contribution in [0.5, 0.6) is 5.75 Å². The SMILES string of the molecule is C=C1C(c2ccc(CC)cc2)=CCc2cc(O)cc(C)c21. The zero-order valence-electron chi connectivity index (χ0n) is 12.6. The first-order valence-corrected chi connectivity index (χ1v) is 7.41. The minimum Gasteiger partial charge on any atom is -0.508 e. The predicted octanol–water partition coefficient (Wildman–Crippen LogP) is 4.92. The van der Waals surface area contributed by atoms with Crippen LogP contribution in [-0.2, 0) is 12.8 Å². The average Bonchev–Trinajstić information content (AvgIpc) is 2.47. The van der Waals surface area contributed by atoms with Gasteiger partial charge in [0.05, 0.1) is 0 Å². The molecule has 0 heterocycles. The highest BCUT2D eigenvalue weighted by Crippen LogP contribution is 2.39. The molecule has 1 N–H and O–H groups in total. The number of hydrogen-bond acceptors (Lipinski definition) is 1. The third-order valence-electron chi connectivity index (χ3n) is 4.23. The van der Waals surface area contributed by atoms with Crippen LogP contribution in [0.25, 0.3) is 11.1 Å². The number of aromatic hydroxyl groups is 1. The summed E-state index contributed by atoms with van der Waals surface area (Å²) in [6.45, 7) is 8.50. The average molecular weight is 276 g/mol. The molecule has 0 atom stereocenters. The fourth-order valence-corrected chi connectivity index (χ4v) is 3.11. The lowest BCUT2D eigenvalue weighted by Gasteiger charge is -2.22. The minimum atomic E-state index is 0.336. The van der Waals surface area contributed by atoms with Crippen LogP contribution in [0.3, 0.4) is 0 Å². The Hall–Kier alpha value is -2.28. The molecule has 1 heteroatoms. The molecule has 106 valence electrons. The molecule has 0 fully saturated rings. The van der Waals surface area contributed by atoms with Crippen LogP contribution in [0.1, 0.15) is 34.7 Å². The van der Waals surface area contributed by atoms with E-state index in [0.29, 0.717) is 5.75 Å². The van der Waals surface area contributed by atoms with Crippen LogP contribution in [0, 0.1) is 6.92 Å². The number of fused-ring (bicyclic) bond motifs is 1. The third-order valence-corrected chi connectivity index (χ3v) is 4.23. The van der Waals surface area contributed by atoms with E-state index < -0.39 is 0 Å². The zero-order valence-corrected chi connectivity index (χ0v) is 12.6. The van der Waals surface area contributed by atoms with E-state index in [1.807, 2.05) is 19.1 Å². The van der Waals surface area contributed by atoms with Crippen molar-refractivity contribution < 1.29 is 5.11 Å². The van der Waals surface area contributed by atoms with Gasteiger partial charge in [0.1, 0.15) is 5.75 Å². The van der Waals surface area contributed by atoms with Gasteiger partial charge in [-0.3, -0.25) is 0 Å². The summed E-state index contributed by atoms with van der Waals surface area (Å²) in [5.74, 6) is 0.336. The van der Waals surface area contributed by atoms with Crippen molar-refractivity contribution in [2.45, 2.75) is 26.7 Å². The molecule has 2 aromatic carbocycles. The monoisotopic (exact) mass is 276 g/mol. The minimum absolute atomic E-state index is 0.336. The molecule has 0 saturated carbocycles. The van der Waals surface area contributed by atoms with Crippen molar-refractivity contribution in [2.24, 2.45) is 0 Å². The lowest BCUT2D eigenvalue weighted by atomic mass is 9.82. The first kappa shape index (κ1) is 13.7. The molecule has 0 unspecified atom stereocenters. The smallest absolute Gasteiger partial charge is 0.116 e. The lowest BCUT2D eigenvalue weighted by molar-refractivity contribution is 0.474. The maximum Gasteiger partial charge on any atom is 0.116 e. The van der Waals surface area contributed by atoms with Crippen LogP contribution >= 0.6 is 0 Å². The summed E-state index contributed by atoms with van der Waals surface area (Å²) in [5.41, 5.74) is 8.26. The van der Waals surface area contributed by atoms with Crippen molar-refractivity contribution >= 4 is 11.1 Å². The molecular weight excluding hydrogens is 256 g/mol. The predicted molar refractivity (Wildman–Crippen MR) is 89.4 cm³/mol. The number of phenolic OH excluding ortho intramolecular Hbond substituents is 1. The summed E-state index contributed by atoms with van der Waals surface area (Å²) >= 11 is 0. The fourth-order valence-electron chi connectivity index (χ4n) is 3.11. The van der Waals surface area contributed by atoms with Gasteiger partial charge < -0.3 is 5.11 Å². The maximum absolute atomic E-state index is 9.75. The highest BCUT2D eigenvalue weighted by molar-refractivity contribution is 6.06. The molecular formula is C20H20O. The van der Waals surface area contributed by atoms with Crippen LogP contribution in [-0.4, -0.2) is 5.11 Å². The van der Waals surface area contributed by atoms with Gasteiger partial charge in [0, 0.05) is 0 Å². The standard InChI is InChI=1S/C20H20O/c1-4-15-5-7-16(8-6-15)19-10-9-17-12-18(21)11-13(2)20(17)14(19)3/h5-8,10-12,21H,3-4,9H2,1-2H3. The second kappa shape index (κ2) is 5.25. The normalized spacial score (nSPS) is 13.8. The molecule has 21 heavy (non-hydrogen) atoms. The quantitative estimate of drug-likeness (QED) is 0.825. The van der Waals surface area contributed by atoms with Crippen molar-refractivity contribution in [2.75, 3.05) is 0 Å². The topological polar surface area (TPSA) is 20.2 Å². The Labute approximate surface area is 126 Å². The summed E-state index contributed by atoms with van der Waals surface area (Å²) in [6, 6.07) is 12.4. The number of rotatable bonds is 2. The van der Waals surface area contributed by atoms with E-state index in [2.05, 4.69) is 43.8 Å². The van der Waals surface area contributed by atoms with Gasteiger partial charge in [0.2, 0.25) is 0 Å². The van der Waals surface area contributed by atoms with E-state index in [0.717, 1.165) is 29.5 Å². The van der Waals surface area contributed by atoms with Crippen LogP contribution < -0.4 is 0 Å². The second-order valence-corrected chi connectivity index (χ2v) is 5.65. The van der Waals surface area contributed by atoms with Crippen molar-refractivity contribution in [3.8, 4) is 5.75 Å². The summed E-state index contributed by atoms with van der Waals surface area (Å²) < 4.78 is 0. The highest BCUT2D eigenvalue weighted by atomic mass is 16.3. The van der Waals surface area contributed by atoms with E-state index in [-0.39, 0.29) is 0 Å². The number of phenols is 1. The van der Waals surface area contributed by atoms with E-state index in [1.165, 1.54) is 22.3 Å². The first-order valence-electron chi connectivity index (χ1n) is 7.41.